The molecule has 16 heavy (non-hydrogen) atoms. The van der Waals surface area contributed by atoms with Gasteiger partial charge in [-0.15, -0.1) is 0 Å². The molecule has 1 aliphatic heterocycles. The number of nitrogens with zero attached hydrogens (tertiary/aromatic N) is 1. The highest BCUT2D eigenvalue weighted by Gasteiger charge is 2.12. The largest absolute Gasteiger partial charge is 0.335 e. The first-order valence-corrected chi connectivity index (χ1v) is 7.20. The van der Waals surface area contributed by atoms with E-state index < -0.39 is 0 Å². The van der Waals surface area contributed by atoms with Crippen LogP contribution in [0.25, 0.3) is 0 Å². The van der Waals surface area contributed by atoms with E-state index in [4.69, 9.17) is 11.6 Å². The van der Waals surface area contributed by atoms with Crippen LogP contribution in [0, 0.1) is 5.92 Å². The van der Waals surface area contributed by atoms with Crippen LogP contribution in [0.15, 0.2) is 27.7 Å². The molecule has 86 valence electrons. The topological polar surface area (TPSA) is 24.4 Å². The summed E-state index contributed by atoms with van der Waals surface area (Å²) in [6, 6.07) is 5.78. The molecule has 1 aromatic rings. The van der Waals surface area contributed by atoms with Gasteiger partial charge in [-0.3, -0.25) is 4.99 Å². The molecule has 1 unspecified atom stereocenters. The maximum Gasteiger partial charge on any atom is 0.161 e. The molecule has 0 saturated carbocycles. The standard InChI is InChI=1S/C11H12BrClN2S/c1-7-5-14-11(16-6-7)15-8-2-3-10(13)9(12)4-8/h2-4,7H,5-6H2,1H3,(H,14,15). The molecular weight excluding hydrogens is 308 g/mol. The summed E-state index contributed by atoms with van der Waals surface area (Å²) < 4.78 is 0.897. The number of amidine groups is 1. The number of hydrogen-bond acceptors (Lipinski definition) is 3. The highest BCUT2D eigenvalue weighted by Crippen LogP contribution is 2.27. The number of benzene rings is 1. The molecule has 2 rings (SSSR count). The van der Waals surface area contributed by atoms with Crippen molar-refractivity contribution in [1.82, 2.24) is 0 Å². The molecule has 1 atom stereocenters. The van der Waals surface area contributed by atoms with Gasteiger partial charge in [0.1, 0.15) is 0 Å². The Balaban J connectivity index is 2.06. The van der Waals surface area contributed by atoms with Crippen LogP contribution in [0.3, 0.4) is 0 Å². The molecule has 0 aromatic heterocycles. The highest BCUT2D eigenvalue weighted by molar-refractivity contribution is 9.10. The third kappa shape index (κ3) is 3.15. The first-order chi connectivity index (χ1) is 7.65. The highest BCUT2D eigenvalue weighted by atomic mass is 79.9. The molecule has 1 heterocycles. The summed E-state index contributed by atoms with van der Waals surface area (Å²) in [7, 11) is 0. The SMILES string of the molecule is CC1CN=C(Nc2ccc(Cl)c(Br)c2)SC1. The molecule has 0 aliphatic carbocycles. The van der Waals surface area contributed by atoms with Gasteiger partial charge in [0.15, 0.2) is 5.17 Å². The fraction of sp³-hybridized carbons (Fsp3) is 0.364. The van der Waals surface area contributed by atoms with Crippen LogP contribution < -0.4 is 5.32 Å². The van der Waals surface area contributed by atoms with Gasteiger partial charge < -0.3 is 5.32 Å². The zero-order valence-corrected chi connectivity index (χ0v) is 12.0. The van der Waals surface area contributed by atoms with Crippen molar-refractivity contribution in [2.75, 3.05) is 17.6 Å². The Morgan fingerprint density at radius 1 is 1.56 bits per heavy atom. The van der Waals surface area contributed by atoms with Crippen molar-refractivity contribution in [3.8, 4) is 0 Å². The Morgan fingerprint density at radius 2 is 2.38 bits per heavy atom. The summed E-state index contributed by atoms with van der Waals surface area (Å²) in [4.78, 5) is 4.48. The number of aliphatic imine (C=N–C) groups is 1. The minimum atomic E-state index is 0.674. The van der Waals surface area contributed by atoms with Crippen LogP contribution in [-0.2, 0) is 0 Å². The van der Waals surface area contributed by atoms with E-state index in [9.17, 15) is 0 Å². The number of rotatable bonds is 1. The normalized spacial score (nSPS) is 20.4. The second-order valence-electron chi connectivity index (χ2n) is 3.82. The monoisotopic (exact) mass is 318 g/mol. The van der Waals surface area contributed by atoms with E-state index in [0.717, 1.165) is 32.6 Å². The lowest BCUT2D eigenvalue weighted by atomic mass is 10.2. The molecule has 0 spiro atoms. The zero-order valence-electron chi connectivity index (χ0n) is 8.84. The van der Waals surface area contributed by atoms with Crippen LogP contribution in [0.5, 0.6) is 0 Å². The van der Waals surface area contributed by atoms with Gasteiger partial charge in [-0.2, -0.15) is 0 Å². The summed E-state index contributed by atoms with van der Waals surface area (Å²) in [6.45, 7) is 3.12. The Labute approximate surface area is 113 Å². The lowest BCUT2D eigenvalue weighted by molar-refractivity contribution is 0.674. The lowest BCUT2D eigenvalue weighted by Crippen LogP contribution is -2.18. The maximum atomic E-state index is 5.93. The molecular formula is C11H12BrClN2S. The molecule has 2 nitrogen and oxygen atoms in total. The summed E-state index contributed by atoms with van der Waals surface area (Å²) in [5.41, 5.74) is 1.01. The smallest absolute Gasteiger partial charge is 0.161 e. The van der Waals surface area contributed by atoms with E-state index in [1.54, 1.807) is 11.8 Å². The third-order valence-electron chi connectivity index (χ3n) is 2.22. The van der Waals surface area contributed by atoms with Gasteiger partial charge in [-0.05, 0) is 40.0 Å². The van der Waals surface area contributed by atoms with Crippen LogP contribution >= 0.6 is 39.3 Å². The van der Waals surface area contributed by atoms with Gasteiger partial charge in [0.25, 0.3) is 0 Å². The number of nitrogens with one attached hydrogen (secondary N) is 1. The molecule has 5 heteroatoms. The van der Waals surface area contributed by atoms with Crippen molar-refractivity contribution in [3.63, 3.8) is 0 Å². The summed E-state index contributed by atoms with van der Waals surface area (Å²) in [5, 5.41) is 5.01. The van der Waals surface area contributed by atoms with E-state index >= 15 is 0 Å². The van der Waals surface area contributed by atoms with E-state index in [1.807, 2.05) is 18.2 Å². The lowest BCUT2D eigenvalue weighted by Gasteiger charge is -2.18. The van der Waals surface area contributed by atoms with Gasteiger partial charge in [0.05, 0.1) is 5.02 Å². The number of hydrogen-bond donors (Lipinski definition) is 1. The second-order valence-corrected chi connectivity index (χ2v) is 6.09. The number of anilines is 1. The quantitative estimate of drug-likeness (QED) is 0.836. The minimum absolute atomic E-state index is 0.674. The molecule has 0 bridgehead atoms. The van der Waals surface area contributed by atoms with Gasteiger partial charge in [0, 0.05) is 22.5 Å². The first kappa shape index (κ1) is 12.3. The van der Waals surface area contributed by atoms with Crippen molar-refractivity contribution in [3.05, 3.63) is 27.7 Å². The predicted octanol–water partition coefficient (Wildman–Crippen LogP) is 4.25. The molecule has 0 saturated heterocycles. The fourth-order valence-corrected chi connectivity index (χ4v) is 2.73. The van der Waals surface area contributed by atoms with Crippen molar-refractivity contribution in [2.45, 2.75) is 6.92 Å². The van der Waals surface area contributed by atoms with Gasteiger partial charge in [0.2, 0.25) is 0 Å². The Hall–Kier alpha value is -0.190. The van der Waals surface area contributed by atoms with E-state index in [2.05, 4.69) is 33.2 Å². The first-order valence-electron chi connectivity index (χ1n) is 5.04. The van der Waals surface area contributed by atoms with Crippen molar-refractivity contribution < 1.29 is 0 Å². The van der Waals surface area contributed by atoms with Gasteiger partial charge >= 0.3 is 0 Å². The maximum absolute atomic E-state index is 5.93. The average Bonchev–Trinajstić information content (AvgIpc) is 2.27. The van der Waals surface area contributed by atoms with Crippen LogP contribution in [0.4, 0.5) is 5.69 Å². The number of halogens is 2. The number of thioether (sulfide) groups is 1. The summed E-state index contributed by atoms with van der Waals surface area (Å²) in [6.07, 6.45) is 0. The van der Waals surface area contributed by atoms with Crippen LogP contribution in [0.2, 0.25) is 5.02 Å². The molecule has 1 aliphatic rings. The van der Waals surface area contributed by atoms with Crippen LogP contribution in [-0.4, -0.2) is 17.5 Å². The minimum Gasteiger partial charge on any atom is -0.335 e. The molecule has 0 amide bonds. The van der Waals surface area contributed by atoms with Gasteiger partial charge in [-0.25, -0.2) is 0 Å². The molecule has 1 aromatic carbocycles. The van der Waals surface area contributed by atoms with E-state index in [-0.39, 0.29) is 0 Å². The van der Waals surface area contributed by atoms with E-state index in [1.165, 1.54) is 0 Å². The zero-order chi connectivity index (χ0) is 11.5. The fourth-order valence-electron chi connectivity index (χ4n) is 1.33. The van der Waals surface area contributed by atoms with Gasteiger partial charge in [-0.1, -0.05) is 30.3 Å². The summed E-state index contributed by atoms with van der Waals surface area (Å²) in [5.74, 6) is 1.80. The molecule has 0 fully saturated rings. The van der Waals surface area contributed by atoms with Crippen molar-refractivity contribution in [1.29, 1.82) is 0 Å². The molecule has 0 radical (unpaired) electrons. The Kier molecular flexibility index (Phi) is 4.16. The van der Waals surface area contributed by atoms with E-state index in [0.29, 0.717) is 5.92 Å². The van der Waals surface area contributed by atoms with Crippen molar-refractivity contribution >= 4 is 50.1 Å². The second kappa shape index (κ2) is 5.43. The van der Waals surface area contributed by atoms with Crippen molar-refractivity contribution in [2.24, 2.45) is 10.9 Å². The average molecular weight is 320 g/mol. The van der Waals surface area contributed by atoms with Crippen LogP contribution in [0.1, 0.15) is 6.92 Å². The molecule has 1 N–H and O–H groups in total. The Morgan fingerprint density at radius 3 is 3.00 bits per heavy atom. The Bertz CT molecular complexity index is 422. The predicted molar refractivity (Wildman–Crippen MR) is 76.7 cm³/mol. The summed E-state index contributed by atoms with van der Waals surface area (Å²) >= 11 is 11.1. The third-order valence-corrected chi connectivity index (χ3v) is 4.68.